The van der Waals surface area contributed by atoms with Crippen LogP contribution in [0, 0.1) is 5.41 Å². The summed E-state index contributed by atoms with van der Waals surface area (Å²) in [6.07, 6.45) is -0.932. The summed E-state index contributed by atoms with van der Waals surface area (Å²) in [4.78, 5) is 42.6. The number of carbonyl (C=O) groups excluding carboxylic acids is 1. The van der Waals surface area contributed by atoms with Crippen LogP contribution in [0.4, 0.5) is 0 Å². The third kappa shape index (κ3) is 5.92. The number of nitrogen functional groups attached to an aromatic ring is 1. The molecule has 1 atom stereocenters. The van der Waals surface area contributed by atoms with Crippen molar-refractivity contribution in [3.8, 4) is 34.0 Å². The van der Waals surface area contributed by atoms with Gasteiger partial charge in [-0.25, -0.2) is 23.3 Å². The highest BCUT2D eigenvalue weighted by Crippen LogP contribution is 2.42. The van der Waals surface area contributed by atoms with E-state index in [1.165, 1.54) is 12.1 Å². The second-order valence-corrected chi connectivity index (χ2v) is 10.4. The summed E-state index contributed by atoms with van der Waals surface area (Å²) >= 11 is 0. The zero-order valence-electron chi connectivity index (χ0n) is 20.7. The second kappa shape index (κ2) is 10.6. The van der Waals surface area contributed by atoms with Crippen LogP contribution in [0.3, 0.4) is 0 Å². The third-order valence-corrected chi connectivity index (χ3v) is 6.90. The number of carboxylic acids is 2. The number of aliphatic carboxylic acids is 2. The van der Waals surface area contributed by atoms with E-state index in [0.717, 1.165) is 30.3 Å². The molecule has 1 unspecified atom stereocenters. The van der Waals surface area contributed by atoms with Crippen molar-refractivity contribution in [2.75, 3.05) is 0 Å². The summed E-state index contributed by atoms with van der Waals surface area (Å²) < 4.78 is 23.9. The monoisotopic (exact) mass is 582 g/mol. The standard InChI is InChI=1S/C25H22N6O9S/c26-22(27)10-1-3-16-17(7-10)30-23(29-16)15-6-11(24(36)31-18(25(37)38)9-20(33)34)5-14(21(15)35)13-8-12(41(28,39)40)2-4-19(13)32/h1-8,18,32,35H,9H2,(H3,26,27)(H,29,30)(H,31,36)(H,33,34)(H,37,38)(H2,28,39,40). The number of nitrogens with two attached hydrogens (primary N) is 2. The maximum absolute atomic E-state index is 13.1. The molecule has 0 aliphatic carbocycles. The maximum atomic E-state index is 13.1. The zero-order valence-corrected chi connectivity index (χ0v) is 21.6. The number of phenols is 2. The molecular weight excluding hydrogens is 560 g/mol. The van der Waals surface area contributed by atoms with E-state index < -0.39 is 56.7 Å². The molecule has 0 spiro atoms. The number of aromatic nitrogens is 2. The number of H-pyrrole nitrogens is 1. The lowest BCUT2D eigenvalue weighted by Gasteiger charge is -2.16. The molecule has 3 aromatic carbocycles. The van der Waals surface area contributed by atoms with Crippen molar-refractivity contribution in [1.82, 2.24) is 15.3 Å². The van der Waals surface area contributed by atoms with E-state index in [9.17, 15) is 38.1 Å². The minimum Gasteiger partial charge on any atom is -0.507 e. The molecule has 1 aromatic heterocycles. The van der Waals surface area contributed by atoms with Gasteiger partial charge in [-0.05, 0) is 48.5 Å². The fourth-order valence-corrected chi connectivity index (χ4v) is 4.52. The van der Waals surface area contributed by atoms with Gasteiger partial charge < -0.3 is 36.5 Å². The topological polar surface area (TPSA) is 283 Å². The van der Waals surface area contributed by atoms with Gasteiger partial charge in [0.1, 0.15) is 29.2 Å². The van der Waals surface area contributed by atoms with Gasteiger partial charge in [-0.3, -0.25) is 15.0 Å². The predicted octanol–water partition coefficient (Wildman–Crippen LogP) is 0.897. The van der Waals surface area contributed by atoms with Crippen LogP contribution in [0.5, 0.6) is 11.5 Å². The minimum absolute atomic E-state index is 0.00323. The molecule has 4 rings (SSSR count). The molecule has 4 aromatic rings. The number of aromatic hydroxyl groups is 2. The Kier molecular flexibility index (Phi) is 7.37. The van der Waals surface area contributed by atoms with Crippen LogP contribution in [0.2, 0.25) is 0 Å². The van der Waals surface area contributed by atoms with E-state index in [2.05, 4.69) is 15.3 Å². The van der Waals surface area contributed by atoms with E-state index in [1.807, 2.05) is 0 Å². The van der Waals surface area contributed by atoms with E-state index in [0.29, 0.717) is 16.6 Å². The number of amides is 1. The van der Waals surface area contributed by atoms with Crippen LogP contribution >= 0.6 is 0 Å². The van der Waals surface area contributed by atoms with Crippen molar-refractivity contribution < 1.29 is 43.2 Å². The van der Waals surface area contributed by atoms with Crippen LogP contribution in [0.15, 0.2) is 53.4 Å². The molecular formula is C25H22N6O9S. The van der Waals surface area contributed by atoms with Gasteiger partial charge in [-0.15, -0.1) is 0 Å². The molecule has 0 radical (unpaired) electrons. The molecule has 0 aliphatic heterocycles. The Balaban J connectivity index is 1.95. The van der Waals surface area contributed by atoms with Crippen molar-refractivity contribution in [1.29, 1.82) is 5.41 Å². The summed E-state index contributed by atoms with van der Waals surface area (Å²) in [6.45, 7) is 0. The number of primary sulfonamides is 1. The Labute approximate surface area is 230 Å². The molecule has 212 valence electrons. The quantitative estimate of drug-likeness (QED) is 0.0986. The molecule has 41 heavy (non-hydrogen) atoms. The lowest BCUT2D eigenvalue weighted by molar-refractivity contribution is -0.145. The molecule has 1 amide bonds. The van der Waals surface area contributed by atoms with Crippen LogP contribution in [0.1, 0.15) is 22.3 Å². The largest absolute Gasteiger partial charge is 0.507 e. The third-order valence-electron chi connectivity index (χ3n) is 5.99. The number of imidazole rings is 1. The van der Waals surface area contributed by atoms with Gasteiger partial charge in [0.25, 0.3) is 5.91 Å². The molecule has 0 saturated carbocycles. The fraction of sp³-hybridized carbons (Fsp3) is 0.0800. The number of hydrogen-bond donors (Lipinski definition) is 9. The van der Waals surface area contributed by atoms with Crippen molar-refractivity contribution in [2.45, 2.75) is 17.4 Å². The molecule has 0 aliphatic rings. The first-order chi connectivity index (χ1) is 19.1. The highest BCUT2D eigenvalue weighted by atomic mass is 32.2. The average Bonchev–Trinajstić information content (AvgIpc) is 3.31. The highest BCUT2D eigenvalue weighted by molar-refractivity contribution is 7.89. The SMILES string of the molecule is N=C(N)c1ccc2nc(-c3cc(C(=O)NC(CC(=O)O)C(=O)O)cc(-c4cc(S(N)(=O)=O)ccc4O)c3O)[nH]c2c1. The molecule has 15 nitrogen and oxygen atoms in total. The smallest absolute Gasteiger partial charge is 0.326 e. The number of phenolic OH excluding ortho intramolecular Hbond substituents is 2. The molecule has 0 bridgehead atoms. The number of nitrogens with zero attached hydrogens (tertiary/aromatic N) is 1. The Morgan fingerprint density at radius 1 is 0.976 bits per heavy atom. The van der Waals surface area contributed by atoms with Gasteiger partial charge in [0.05, 0.1) is 27.9 Å². The Morgan fingerprint density at radius 2 is 1.66 bits per heavy atom. The summed E-state index contributed by atoms with van der Waals surface area (Å²) in [6, 6.07) is 7.99. The number of rotatable bonds is 9. The number of nitrogens with one attached hydrogen (secondary N) is 3. The highest BCUT2D eigenvalue weighted by Gasteiger charge is 2.26. The maximum Gasteiger partial charge on any atom is 0.326 e. The molecule has 11 N–H and O–H groups in total. The van der Waals surface area contributed by atoms with Gasteiger partial charge in [0.2, 0.25) is 10.0 Å². The normalized spacial score (nSPS) is 12.1. The lowest BCUT2D eigenvalue weighted by Crippen LogP contribution is -2.42. The van der Waals surface area contributed by atoms with Crippen molar-refractivity contribution in [3.63, 3.8) is 0 Å². The number of hydrogen-bond acceptors (Lipinski definition) is 9. The number of benzene rings is 3. The van der Waals surface area contributed by atoms with Crippen molar-refractivity contribution >= 4 is 44.7 Å². The predicted molar refractivity (Wildman–Crippen MR) is 144 cm³/mol. The fourth-order valence-electron chi connectivity index (χ4n) is 3.98. The summed E-state index contributed by atoms with van der Waals surface area (Å²) in [5.41, 5.74) is 5.76. The van der Waals surface area contributed by atoms with Crippen molar-refractivity contribution in [3.05, 3.63) is 59.7 Å². The number of sulfonamides is 1. The van der Waals surface area contributed by atoms with Crippen LogP contribution in [-0.2, 0) is 19.6 Å². The Hall–Kier alpha value is -5.48. The molecule has 0 saturated heterocycles. The van der Waals surface area contributed by atoms with Crippen molar-refractivity contribution in [2.24, 2.45) is 10.9 Å². The molecule has 0 fully saturated rings. The lowest BCUT2D eigenvalue weighted by atomic mass is 9.96. The summed E-state index contributed by atoms with van der Waals surface area (Å²) in [5.74, 6) is -5.43. The van der Waals surface area contributed by atoms with E-state index in [-0.39, 0.29) is 33.9 Å². The van der Waals surface area contributed by atoms with Crippen LogP contribution < -0.4 is 16.2 Å². The number of carbonyl (C=O) groups is 3. The first-order valence-corrected chi connectivity index (χ1v) is 13.0. The van der Waals surface area contributed by atoms with Gasteiger partial charge >= 0.3 is 11.9 Å². The van der Waals surface area contributed by atoms with Gasteiger partial charge in [0.15, 0.2) is 0 Å². The Bertz CT molecular complexity index is 1870. The van der Waals surface area contributed by atoms with E-state index in [1.54, 1.807) is 6.07 Å². The molecule has 16 heteroatoms. The first kappa shape index (κ1) is 28.5. The Morgan fingerprint density at radius 3 is 2.27 bits per heavy atom. The number of carboxylic acid groups (broad SMARTS) is 2. The van der Waals surface area contributed by atoms with Gasteiger partial charge in [-0.1, -0.05) is 0 Å². The van der Waals surface area contributed by atoms with Gasteiger partial charge in [0, 0.05) is 22.3 Å². The second-order valence-electron chi connectivity index (χ2n) is 8.84. The van der Waals surface area contributed by atoms with E-state index in [4.69, 9.17) is 21.4 Å². The van der Waals surface area contributed by atoms with Gasteiger partial charge in [-0.2, -0.15) is 0 Å². The minimum atomic E-state index is -4.26. The van der Waals surface area contributed by atoms with Crippen LogP contribution in [0.25, 0.3) is 33.5 Å². The number of aromatic amines is 1. The zero-order chi connectivity index (χ0) is 30.2. The first-order valence-electron chi connectivity index (χ1n) is 11.5. The van der Waals surface area contributed by atoms with Crippen LogP contribution in [-0.4, -0.2) is 68.5 Å². The summed E-state index contributed by atoms with van der Waals surface area (Å²) in [5, 5.41) is 55.1. The van der Waals surface area contributed by atoms with E-state index >= 15 is 0 Å². The average molecular weight is 583 g/mol. The number of amidine groups is 1. The molecule has 1 heterocycles. The summed E-state index contributed by atoms with van der Waals surface area (Å²) in [7, 11) is -4.26. The number of fused-ring (bicyclic) bond motifs is 1.